The minimum Gasteiger partial charge on any atom is -0.371 e. The Balaban J connectivity index is 0.715. The van der Waals surface area contributed by atoms with E-state index in [1.165, 1.54) is 5.69 Å². The summed E-state index contributed by atoms with van der Waals surface area (Å²) in [5.41, 5.74) is 6.33. The van der Waals surface area contributed by atoms with Gasteiger partial charge in [-0.1, -0.05) is 17.7 Å². The normalized spacial score (nSPS) is 22.4. The molecule has 60 heavy (non-hydrogen) atoms. The van der Waals surface area contributed by atoms with Crippen LogP contribution >= 0.6 is 11.6 Å². The highest BCUT2D eigenvalue weighted by Crippen LogP contribution is 2.45. The van der Waals surface area contributed by atoms with Gasteiger partial charge in [0.25, 0.3) is 17.7 Å². The minimum atomic E-state index is -0.972. The first-order valence-corrected chi connectivity index (χ1v) is 21.8. The summed E-state index contributed by atoms with van der Waals surface area (Å²) in [6.45, 7) is 19.2. The first kappa shape index (κ1) is 40.0. The van der Waals surface area contributed by atoms with Gasteiger partial charge < -0.3 is 19.6 Å². The van der Waals surface area contributed by atoms with Gasteiger partial charge in [-0.3, -0.25) is 39.1 Å². The number of imide groups is 2. The van der Waals surface area contributed by atoms with Crippen LogP contribution in [0.25, 0.3) is 4.85 Å². The van der Waals surface area contributed by atoms with Crippen LogP contribution in [0, 0.1) is 24.8 Å². The van der Waals surface area contributed by atoms with Crippen molar-refractivity contribution in [3.05, 3.63) is 93.3 Å². The summed E-state index contributed by atoms with van der Waals surface area (Å²) in [4.78, 5) is 80.3. The van der Waals surface area contributed by atoms with E-state index in [9.17, 15) is 24.0 Å². The molecule has 0 aromatic heterocycles. The molecule has 13 nitrogen and oxygen atoms in total. The van der Waals surface area contributed by atoms with Crippen molar-refractivity contribution in [1.82, 2.24) is 20.0 Å². The molecule has 1 unspecified atom stereocenters. The number of nitrogens with zero attached hydrogens (tertiary/aromatic N) is 7. The van der Waals surface area contributed by atoms with Crippen molar-refractivity contribution in [1.29, 1.82) is 0 Å². The molecule has 0 radical (unpaired) electrons. The van der Waals surface area contributed by atoms with Gasteiger partial charge in [0.2, 0.25) is 17.5 Å². The zero-order valence-corrected chi connectivity index (χ0v) is 34.9. The molecule has 312 valence electrons. The summed E-state index contributed by atoms with van der Waals surface area (Å²) < 4.78 is 0. The van der Waals surface area contributed by atoms with E-state index in [0.29, 0.717) is 40.8 Å². The molecular weight excluding hydrogens is 780 g/mol. The molecule has 14 heteroatoms. The molecular formula is C46H51ClN8O5. The Kier molecular flexibility index (Phi) is 10.8. The second-order valence-corrected chi connectivity index (χ2v) is 17.9. The Bertz CT molecular complexity index is 2270. The minimum absolute atomic E-state index is 0.0905. The Hall–Kier alpha value is -5.45. The van der Waals surface area contributed by atoms with Gasteiger partial charge in [0.05, 0.1) is 22.7 Å². The van der Waals surface area contributed by atoms with E-state index in [0.717, 1.165) is 118 Å². The number of rotatable bonds is 7. The molecule has 0 saturated carbocycles. The highest BCUT2D eigenvalue weighted by Gasteiger charge is 2.45. The zero-order valence-electron chi connectivity index (χ0n) is 34.1. The summed E-state index contributed by atoms with van der Waals surface area (Å²) in [5.74, 6) is -1.35. The first-order chi connectivity index (χ1) is 29.0. The molecule has 5 saturated heterocycles. The molecule has 3 aromatic rings. The number of fused-ring (bicyclic) bond motifs is 1. The smallest absolute Gasteiger partial charge is 0.262 e. The quantitative estimate of drug-likeness (QED) is 0.234. The number of halogens is 1. The second-order valence-electron chi connectivity index (χ2n) is 17.6. The molecule has 9 rings (SSSR count). The van der Waals surface area contributed by atoms with Crippen molar-refractivity contribution in [2.75, 3.05) is 86.7 Å². The van der Waals surface area contributed by atoms with Gasteiger partial charge in [-0.2, -0.15) is 0 Å². The van der Waals surface area contributed by atoms with Crippen molar-refractivity contribution in [3.8, 4) is 0 Å². The van der Waals surface area contributed by atoms with Crippen LogP contribution in [0.3, 0.4) is 0 Å². The average molecular weight is 831 g/mol. The number of piperazine rings is 1. The number of amides is 5. The lowest BCUT2D eigenvalue weighted by Gasteiger charge is -2.40. The van der Waals surface area contributed by atoms with Gasteiger partial charge in [0, 0.05) is 101 Å². The Morgan fingerprint density at radius 2 is 1.43 bits per heavy atom. The van der Waals surface area contributed by atoms with E-state index in [4.69, 9.17) is 18.2 Å². The van der Waals surface area contributed by atoms with Crippen LogP contribution in [0.15, 0.2) is 54.6 Å². The molecule has 0 bridgehead atoms. The van der Waals surface area contributed by atoms with E-state index in [1.807, 2.05) is 36.1 Å². The van der Waals surface area contributed by atoms with Gasteiger partial charge in [-0.25, -0.2) is 4.85 Å². The summed E-state index contributed by atoms with van der Waals surface area (Å²) in [7, 11) is 0. The van der Waals surface area contributed by atoms with E-state index in [1.54, 1.807) is 12.1 Å². The summed E-state index contributed by atoms with van der Waals surface area (Å²) in [6, 6.07) is 16.5. The van der Waals surface area contributed by atoms with E-state index < -0.39 is 29.7 Å². The molecule has 1 atom stereocenters. The van der Waals surface area contributed by atoms with Gasteiger partial charge in [-0.15, -0.1) is 0 Å². The van der Waals surface area contributed by atoms with Crippen LogP contribution in [0.4, 0.5) is 22.7 Å². The topological polar surface area (TPSA) is 121 Å². The SMILES string of the molecule is [C-]#[N+]c1ccc(N2CCC3(CCN(c4ccc(C(=O)N5CCN(CC6CCN(c7ccc8c(c7)C(=O)N(C7CCC(=O)NC7=O)C8=O)CC6)CC5)cc4)CC3)C2)c(C)c1Cl. The summed E-state index contributed by atoms with van der Waals surface area (Å²) >= 11 is 6.51. The van der Waals surface area contributed by atoms with Gasteiger partial charge in [0.15, 0.2) is 0 Å². The summed E-state index contributed by atoms with van der Waals surface area (Å²) in [6.07, 6.45) is 5.63. The fourth-order valence-corrected chi connectivity index (χ4v) is 10.6. The number of nitrogens with one attached hydrogen (secondary N) is 1. The van der Waals surface area contributed by atoms with Crippen LogP contribution in [-0.2, 0) is 9.59 Å². The highest BCUT2D eigenvalue weighted by molar-refractivity contribution is 6.34. The standard InChI is InChI=1S/C46H51ClN8O5/c1-30-38(10-9-37(48-2)41(30)47)54-22-17-46(29-54)15-20-52(21-16-46)33-5-3-32(4-6-33)43(58)53-25-23-50(24-26-53)28-31-13-18-51(19-14-31)34-7-8-35-36(27-34)45(60)55(44(35)59)39-11-12-40(56)49-42(39)57/h3-10,27,31,39H,11-26,28-29H2,1H3,(H,49,56,57). The second kappa shape index (κ2) is 16.2. The predicted octanol–water partition coefficient (Wildman–Crippen LogP) is 5.77. The molecule has 6 aliphatic rings. The Labute approximate surface area is 356 Å². The van der Waals surface area contributed by atoms with Crippen molar-refractivity contribution >= 4 is 63.9 Å². The van der Waals surface area contributed by atoms with Crippen molar-refractivity contribution in [3.63, 3.8) is 0 Å². The lowest BCUT2D eigenvalue weighted by molar-refractivity contribution is -0.136. The maximum Gasteiger partial charge on any atom is 0.262 e. The van der Waals surface area contributed by atoms with Gasteiger partial charge in [-0.05, 0) is 111 Å². The lowest BCUT2D eigenvalue weighted by atomic mass is 9.77. The number of carbonyl (C=O) groups excluding carboxylic acids is 5. The number of hydrogen-bond acceptors (Lipinski definition) is 9. The molecule has 3 aromatic carbocycles. The highest BCUT2D eigenvalue weighted by atomic mass is 35.5. The number of piperidine rings is 3. The largest absolute Gasteiger partial charge is 0.371 e. The number of carbonyl (C=O) groups is 5. The Morgan fingerprint density at radius 1 is 0.783 bits per heavy atom. The molecule has 5 fully saturated rings. The van der Waals surface area contributed by atoms with Crippen LogP contribution in [0.2, 0.25) is 5.02 Å². The van der Waals surface area contributed by atoms with Gasteiger partial charge in [0.1, 0.15) is 6.04 Å². The predicted molar refractivity (Wildman–Crippen MR) is 230 cm³/mol. The molecule has 1 N–H and O–H groups in total. The number of benzene rings is 3. The van der Waals surface area contributed by atoms with Crippen molar-refractivity contribution < 1.29 is 24.0 Å². The molecule has 6 aliphatic heterocycles. The van der Waals surface area contributed by atoms with E-state index >= 15 is 0 Å². The maximum atomic E-state index is 13.6. The third-order valence-electron chi connectivity index (χ3n) is 14.1. The first-order valence-electron chi connectivity index (χ1n) is 21.4. The zero-order chi connectivity index (χ0) is 41.7. The van der Waals surface area contributed by atoms with Gasteiger partial charge >= 0.3 is 0 Å². The van der Waals surface area contributed by atoms with Crippen LogP contribution in [0.1, 0.15) is 81.6 Å². The maximum absolute atomic E-state index is 13.6. The van der Waals surface area contributed by atoms with Crippen LogP contribution in [-0.4, -0.2) is 122 Å². The fourth-order valence-electron chi connectivity index (χ4n) is 10.4. The van der Waals surface area contributed by atoms with Crippen molar-refractivity contribution in [2.24, 2.45) is 11.3 Å². The lowest BCUT2D eigenvalue weighted by Crippen LogP contribution is -2.54. The third-order valence-corrected chi connectivity index (χ3v) is 14.6. The fraction of sp³-hybridized carbons (Fsp3) is 0.478. The third kappa shape index (κ3) is 7.49. The van der Waals surface area contributed by atoms with E-state index in [-0.39, 0.29) is 24.2 Å². The van der Waals surface area contributed by atoms with Crippen molar-refractivity contribution in [2.45, 2.75) is 57.9 Å². The summed E-state index contributed by atoms with van der Waals surface area (Å²) in [5, 5.41) is 2.81. The number of hydrogen-bond donors (Lipinski definition) is 1. The monoisotopic (exact) mass is 830 g/mol. The molecule has 1 spiro atoms. The molecule has 0 aliphatic carbocycles. The van der Waals surface area contributed by atoms with Crippen LogP contribution < -0.4 is 20.0 Å². The average Bonchev–Trinajstić information content (AvgIpc) is 3.78. The van der Waals surface area contributed by atoms with Crippen LogP contribution in [0.5, 0.6) is 0 Å². The molecule has 6 heterocycles. The molecule has 5 amide bonds. The van der Waals surface area contributed by atoms with E-state index in [2.05, 4.69) is 48.0 Å². The number of anilines is 3. The Morgan fingerprint density at radius 3 is 2.12 bits per heavy atom.